The summed E-state index contributed by atoms with van der Waals surface area (Å²) in [7, 11) is 0. The molecule has 0 aromatic rings. The van der Waals surface area contributed by atoms with Gasteiger partial charge in [0.15, 0.2) is 0 Å². The summed E-state index contributed by atoms with van der Waals surface area (Å²) in [6.07, 6.45) is 3.37. The van der Waals surface area contributed by atoms with E-state index in [-0.39, 0.29) is 0 Å². The van der Waals surface area contributed by atoms with Crippen LogP contribution in [0.5, 0.6) is 0 Å². The zero-order valence-electron chi connectivity index (χ0n) is 11.3. The molecular formula is C13H26N2O2. The van der Waals surface area contributed by atoms with E-state index in [0.717, 1.165) is 19.5 Å². The van der Waals surface area contributed by atoms with Gasteiger partial charge in [-0.1, -0.05) is 20.8 Å². The van der Waals surface area contributed by atoms with Gasteiger partial charge in [-0.2, -0.15) is 0 Å². The lowest BCUT2D eigenvalue weighted by Crippen LogP contribution is -2.48. The molecule has 0 aromatic heterocycles. The molecule has 0 saturated carbocycles. The Labute approximate surface area is 104 Å². The van der Waals surface area contributed by atoms with Crippen molar-refractivity contribution in [3.63, 3.8) is 0 Å². The third-order valence-electron chi connectivity index (χ3n) is 3.54. The molecule has 4 heteroatoms. The average molecular weight is 242 g/mol. The summed E-state index contributed by atoms with van der Waals surface area (Å²) >= 11 is 0. The Bertz CT molecular complexity index is 244. The van der Waals surface area contributed by atoms with Crippen LogP contribution < -0.4 is 5.32 Å². The highest BCUT2D eigenvalue weighted by Crippen LogP contribution is 2.23. The summed E-state index contributed by atoms with van der Waals surface area (Å²) in [6.45, 7) is 8.95. The van der Waals surface area contributed by atoms with Gasteiger partial charge < -0.3 is 10.4 Å². The molecule has 17 heavy (non-hydrogen) atoms. The van der Waals surface area contributed by atoms with Crippen molar-refractivity contribution >= 4 is 5.97 Å². The minimum Gasteiger partial charge on any atom is -0.480 e. The SMILES string of the molecule is CCCNC(CN1CCCC1C(C)C)C(=O)O. The fourth-order valence-corrected chi connectivity index (χ4v) is 2.62. The Kier molecular flexibility index (Phi) is 5.92. The number of nitrogens with one attached hydrogen (secondary N) is 1. The second-order valence-electron chi connectivity index (χ2n) is 5.29. The Morgan fingerprint density at radius 2 is 2.24 bits per heavy atom. The van der Waals surface area contributed by atoms with Crippen LogP contribution >= 0.6 is 0 Å². The van der Waals surface area contributed by atoms with E-state index >= 15 is 0 Å². The molecule has 0 bridgehead atoms. The van der Waals surface area contributed by atoms with Gasteiger partial charge in [-0.05, 0) is 38.3 Å². The molecule has 1 aliphatic heterocycles. The highest BCUT2D eigenvalue weighted by molar-refractivity contribution is 5.73. The summed E-state index contributed by atoms with van der Waals surface area (Å²) in [5.74, 6) is -0.119. The molecule has 0 spiro atoms. The summed E-state index contributed by atoms with van der Waals surface area (Å²) in [5.41, 5.74) is 0. The van der Waals surface area contributed by atoms with Crippen molar-refractivity contribution in [2.75, 3.05) is 19.6 Å². The number of nitrogens with zero attached hydrogens (tertiary/aromatic N) is 1. The number of carboxylic acids is 1. The van der Waals surface area contributed by atoms with Gasteiger partial charge in [0.1, 0.15) is 6.04 Å². The van der Waals surface area contributed by atoms with E-state index in [1.165, 1.54) is 12.8 Å². The Hall–Kier alpha value is -0.610. The summed E-state index contributed by atoms with van der Waals surface area (Å²) in [5, 5.41) is 12.3. The molecule has 0 radical (unpaired) electrons. The quantitative estimate of drug-likeness (QED) is 0.711. The van der Waals surface area contributed by atoms with Crippen LogP contribution in [-0.4, -0.2) is 47.7 Å². The lowest BCUT2D eigenvalue weighted by Gasteiger charge is -2.30. The topological polar surface area (TPSA) is 52.6 Å². The van der Waals surface area contributed by atoms with Gasteiger partial charge in [0.2, 0.25) is 0 Å². The first kappa shape index (κ1) is 14.5. The largest absolute Gasteiger partial charge is 0.480 e. The van der Waals surface area contributed by atoms with Crippen molar-refractivity contribution in [3.05, 3.63) is 0 Å². The number of likely N-dealkylation sites (tertiary alicyclic amines) is 1. The molecule has 1 saturated heterocycles. The van der Waals surface area contributed by atoms with Gasteiger partial charge >= 0.3 is 5.97 Å². The predicted octanol–water partition coefficient (Wildman–Crippen LogP) is 1.56. The fourth-order valence-electron chi connectivity index (χ4n) is 2.62. The number of aliphatic carboxylic acids is 1. The Morgan fingerprint density at radius 1 is 1.53 bits per heavy atom. The van der Waals surface area contributed by atoms with E-state index in [1.807, 2.05) is 0 Å². The van der Waals surface area contributed by atoms with Crippen LogP contribution in [0.4, 0.5) is 0 Å². The highest BCUT2D eigenvalue weighted by atomic mass is 16.4. The van der Waals surface area contributed by atoms with E-state index in [0.29, 0.717) is 18.5 Å². The first-order valence-electron chi connectivity index (χ1n) is 6.76. The third kappa shape index (κ3) is 4.28. The molecule has 4 nitrogen and oxygen atoms in total. The molecule has 2 N–H and O–H groups in total. The van der Waals surface area contributed by atoms with Crippen LogP contribution in [0.2, 0.25) is 0 Å². The zero-order chi connectivity index (χ0) is 12.8. The summed E-state index contributed by atoms with van der Waals surface area (Å²) < 4.78 is 0. The Morgan fingerprint density at radius 3 is 2.76 bits per heavy atom. The third-order valence-corrected chi connectivity index (χ3v) is 3.54. The first-order valence-corrected chi connectivity index (χ1v) is 6.76. The Balaban J connectivity index is 2.50. The first-order chi connectivity index (χ1) is 8.06. The lowest BCUT2D eigenvalue weighted by atomic mass is 10.0. The number of hydrogen-bond donors (Lipinski definition) is 2. The molecule has 1 aliphatic rings. The maximum absolute atomic E-state index is 11.2. The number of rotatable bonds is 7. The molecular weight excluding hydrogens is 216 g/mol. The number of carboxylic acid groups (broad SMARTS) is 1. The summed E-state index contributed by atoms with van der Waals surface area (Å²) in [6, 6.07) is 0.134. The smallest absolute Gasteiger partial charge is 0.322 e. The van der Waals surface area contributed by atoms with E-state index < -0.39 is 12.0 Å². The van der Waals surface area contributed by atoms with Crippen LogP contribution in [0.1, 0.15) is 40.0 Å². The van der Waals surface area contributed by atoms with Crippen molar-refractivity contribution in [2.24, 2.45) is 5.92 Å². The van der Waals surface area contributed by atoms with Crippen LogP contribution in [-0.2, 0) is 4.79 Å². The van der Waals surface area contributed by atoms with Crippen LogP contribution in [0, 0.1) is 5.92 Å². The van der Waals surface area contributed by atoms with E-state index in [1.54, 1.807) is 0 Å². The normalized spacial score (nSPS) is 23.2. The van der Waals surface area contributed by atoms with Crippen molar-refractivity contribution in [1.29, 1.82) is 0 Å². The van der Waals surface area contributed by atoms with E-state index in [2.05, 4.69) is 31.0 Å². The minimum absolute atomic E-state index is 0.422. The van der Waals surface area contributed by atoms with Gasteiger partial charge in [-0.15, -0.1) is 0 Å². The van der Waals surface area contributed by atoms with Gasteiger partial charge in [0, 0.05) is 12.6 Å². The predicted molar refractivity (Wildman–Crippen MR) is 69.2 cm³/mol. The molecule has 2 atom stereocenters. The van der Waals surface area contributed by atoms with Gasteiger partial charge in [0.05, 0.1) is 0 Å². The van der Waals surface area contributed by atoms with Crippen molar-refractivity contribution in [1.82, 2.24) is 10.2 Å². The second kappa shape index (κ2) is 6.97. The van der Waals surface area contributed by atoms with E-state index in [9.17, 15) is 9.90 Å². The van der Waals surface area contributed by atoms with E-state index in [4.69, 9.17) is 0 Å². The second-order valence-corrected chi connectivity index (χ2v) is 5.29. The van der Waals surface area contributed by atoms with Crippen molar-refractivity contribution in [2.45, 2.75) is 52.1 Å². The number of hydrogen-bond acceptors (Lipinski definition) is 3. The maximum Gasteiger partial charge on any atom is 0.322 e. The highest BCUT2D eigenvalue weighted by Gasteiger charge is 2.30. The molecule has 0 aromatic carbocycles. The van der Waals surface area contributed by atoms with Gasteiger partial charge in [-0.3, -0.25) is 9.69 Å². The minimum atomic E-state index is -0.729. The summed E-state index contributed by atoms with van der Waals surface area (Å²) in [4.78, 5) is 13.5. The van der Waals surface area contributed by atoms with Crippen LogP contribution in [0.25, 0.3) is 0 Å². The molecule has 0 amide bonds. The molecule has 1 rings (SSSR count). The van der Waals surface area contributed by atoms with Crippen molar-refractivity contribution in [3.8, 4) is 0 Å². The number of carbonyl (C=O) groups is 1. The maximum atomic E-state index is 11.2. The van der Waals surface area contributed by atoms with Crippen LogP contribution in [0.3, 0.4) is 0 Å². The fraction of sp³-hybridized carbons (Fsp3) is 0.923. The molecule has 100 valence electrons. The van der Waals surface area contributed by atoms with Gasteiger partial charge in [-0.25, -0.2) is 0 Å². The molecule has 1 heterocycles. The lowest BCUT2D eigenvalue weighted by molar-refractivity contribution is -0.140. The van der Waals surface area contributed by atoms with Crippen LogP contribution in [0.15, 0.2) is 0 Å². The average Bonchev–Trinajstić information content (AvgIpc) is 2.71. The molecule has 1 fully saturated rings. The molecule has 0 aliphatic carbocycles. The zero-order valence-corrected chi connectivity index (χ0v) is 11.3. The van der Waals surface area contributed by atoms with Gasteiger partial charge in [0.25, 0.3) is 0 Å². The standard InChI is InChI=1S/C13H26N2O2/c1-4-7-14-11(13(16)17)9-15-8-5-6-12(15)10(2)3/h10-12,14H,4-9H2,1-3H3,(H,16,17). The van der Waals surface area contributed by atoms with Crippen molar-refractivity contribution < 1.29 is 9.90 Å². The molecule has 2 unspecified atom stereocenters. The monoisotopic (exact) mass is 242 g/mol.